The van der Waals surface area contributed by atoms with Crippen molar-refractivity contribution in [3.05, 3.63) is 0 Å². The van der Waals surface area contributed by atoms with E-state index in [0.717, 1.165) is 0 Å². The van der Waals surface area contributed by atoms with Gasteiger partial charge in [0.05, 0.1) is 0 Å². The molecule has 0 aromatic rings. The van der Waals surface area contributed by atoms with Gasteiger partial charge in [-0.1, -0.05) is 20.8 Å². The van der Waals surface area contributed by atoms with Gasteiger partial charge in [0.15, 0.2) is 0 Å². The molecule has 13 heavy (non-hydrogen) atoms. The van der Waals surface area contributed by atoms with Crippen LogP contribution in [0.15, 0.2) is 0 Å². The van der Waals surface area contributed by atoms with Gasteiger partial charge in [0.1, 0.15) is 0 Å². The second-order valence-corrected chi connectivity index (χ2v) is 5.63. The highest BCUT2D eigenvalue weighted by Gasteiger charge is 2.06. The number of hydrogen-bond acceptors (Lipinski definition) is 2. The fraction of sp³-hybridized carbons (Fsp3) is 1.00. The van der Waals surface area contributed by atoms with Crippen LogP contribution in [0.25, 0.3) is 0 Å². The molecule has 0 spiro atoms. The molecule has 0 saturated heterocycles. The van der Waals surface area contributed by atoms with Gasteiger partial charge in [-0.15, -0.1) is 11.3 Å². The van der Waals surface area contributed by atoms with Crippen molar-refractivity contribution in [1.82, 2.24) is 9.44 Å². The number of thiol groups is 1. The maximum absolute atomic E-state index is 3.64. The lowest BCUT2D eigenvalue weighted by Gasteiger charge is -2.29. The van der Waals surface area contributed by atoms with E-state index in [1.165, 1.54) is 18.6 Å². The molecule has 3 heteroatoms. The second-order valence-electron chi connectivity index (χ2n) is 3.62. The Balaban J connectivity index is 3.74. The molecule has 0 saturated carbocycles. The van der Waals surface area contributed by atoms with Gasteiger partial charge in [0.25, 0.3) is 0 Å². The van der Waals surface area contributed by atoms with Crippen molar-refractivity contribution in [3.8, 4) is 0 Å². The van der Waals surface area contributed by atoms with Crippen molar-refractivity contribution in [2.24, 2.45) is 0 Å². The molecule has 2 nitrogen and oxygen atoms in total. The van der Waals surface area contributed by atoms with Crippen LogP contribution in [0.2, 0.25) is 0 Å². The third-order valence-electron chi connectivity index (χ3n) is 2.29. The Bertz CT molecular complexity index is 107. The Morgan fingerprint density at radius 2 is 1.31 bits per heavy atom. The van der Waals surface area contributed by atoms with E-state index in [9.17, 15) is 0 Å². The first-order valence-corrected chi connectivity index (χ1v) is 6.96. The van der Waals surface area contributed by atoms with Crippen LogP contribution < -0.4 is 9.44 Å². The Labute approximate surface area is 86.5 Å². The lowest BCUT2D eigenvalue weighted by molar-refractivity contribution is 0.633. The number of rotatable bonds is 7. The van der Waals surface area contributed by atoms with Crippen LogP contribution in [0.3, 0.4) is 0 Å². The van der Waals surface area contributed by atoms with Gasteiger partial charge in [0.2, 0.25) is 0 Å². The first-order valence-electron chi connectivity index (χ1n) is 5.43. The second kappa shape index (κ2) is 7.65. The summed E-state index contributed by atoms with van der Waals surface area (Å²) in [4.78, 5) is 0. The summed E-state index contributed by atoms with van der Waals surface area (Å²) in [6.45, 7) is 11.2. The van der Waals surface area contributed by atoms with Gasteiger partial charge >= 0.3 is 0 Å². The highest BCUT2D eigenvalue weighted by Crippen LogP contribution is 2.17. The maximum Gasteiger partial charge on any atom is 0.0134 e. The quantitative estimate of drug-likeness (QED) is 0.558. The Morgan fingerprint density at radius 3 is 1.54 bits per heavy atom. The molecule has 0 radical (unpaired) electrons. The summed E-state index contributed by atoms with van der Waals surface area (Å²) >= 11 is -0.149. The van der Waals surface area contributed by atoms with Crippen LogP contribution >= 0.6 is 11.3 Å². The van der Waals surface area contributed by atoms with Crippen LogP contribution in [-0.2, 0) is 0 Å². The van der Waals surface area contributed by atoms with Gasteiger partial charge in [-0.05, 0) is 32.4 Å². The highest BCUT2D eigenvalue weighted by atomic mass is 32.2. The average molecular weight is 206 g/mol. The molecule has 2 unspecified atom stereocenters. The van der Waals surface area contributed by atoms with E-state index in [0.29, 0.717) is 12.1 Å². The van der Waals surface area contributed by atoms with Crippen molar-refractivity contribution in [1.29, 1.82) is 0 Å². The molecule has 0 aliphatic rings. The monoisotopic (exact) mass is 206 g/mol. The molecular formula is C10H26N2S. The van der Waals surface area contributed by atoms with E-state index >= 15 is 0 Å². The molecule has 0 rings (SSSR count). The lowest BCUT2D eigenvalue weighted by Crippen LogP contribution is -2.34. The maximum atomic E-state index is 3.64. The molecule has 0 aliphatic carbocycles. The van der Waals surface area contributed by atoms with Gasteiger partial charge < -0.3 is 0 Å². The molecule has 2 atom stereocenters. The normalized spacial score (nSPS) is 19.6. The molecule has 0 aliphatic heterocycles. The SMILES string of the molecule is CCC(C)N[SH](CC)NC(C)CC. The summed E-state index contributed by atoms with van der Waals surface area (Å²) in [7, 11) is 0. The van der Waals surface area contributed by atoms with E-state index in [1.54, 1.807) is 0 Å². The molecular weight excluding hydrogens is 180 g/mol. The predicted molar refractivity (Wildman–Crippen MR) is 65.3 cm³/mol. The van der Waals surface area contributed by atoms with E-state index < -0.39 is 0 Å². The summed E-state index contributed by atoms with van der Waals surface area (Å²) in [6, 6.07) is 1.28. The van der Waals surface area contributed by atoms with Gasteiger partial charge in [-0.3, -0.25) is 9.44 Å². The van der Waals surface area contributed by atoms with E-state index in [4.69, 9.17) is 0 Å². The summed E-state index contributed by atoms with van der Waals surface area (Å²) in [5.74, 6) is 1.21. The summed E-state index contributed by atoms with van der Waals surface area (Å²) in [6.07, 6.45) is 2.42. The molecule has 2 N–H and O–H groups in total. The zero-order valence-corrected chi connectivity index (χ0v) is 10.6. The summed E-state index contributed by atoms with van der Waals surface area (Å²) in [5, 5.41) is 0. The first-order chi connectivity index (χ1) is 6.13. The van der Waals surface area contributed by atoms with Crippen LogP contribution in [0.4, 0.5) is 0 Å². The fourth-order valence-electron chi connectivity index (χ4n) is 0.934. The standard InChI is InChI=1S/C10H26N2S/c1-6-9(4)11-13(8-3)12-10(5)7-2/h9-13H,6-8H2,1-5H3. The third-order valence-corrected chi connectivity index (χ3v) is 4.43. The zero-order chi connectivity index (χ0) is 10.3. The number of nitrogens with one attached hydrogen (secondary N) is 2. The van der Waals surface area contributed by atoms with Crippen molar-refractivity contribution < 1.29 is 0 Å². The van der Waals surface area contributed by atoms with Gasteiger partial charge in [-0.2, -0.15) is 0 Å². The van der Waals surface area contributed by atoms with Crippen molar-refractivity contribution in [3.63, 3.8) is 0 Å². The lowest BCUT2D eigenvalue weighted by atomic mass is 10.3. The molecule has 0 bridgehead atoms. The van der Waals surface area contributed by atoms with Gasteiger partial charge in [-0.25, -0.2) is 0 Å². The third kappa shape index (κ3) is 6.36. The Kier molecular flexibility index (Phi) is 7.81. The molecule has 82 valence electrons. The van der Waals surface area contributed by atoms with Crippen LogP contribution in [0.1, 0.15) is 47.5 Å². The highest BCUT2D eigenvalue weighted by molar-refractivity contribution is 8.13. The van der Waals surface area contributed by atoms with E-state index in [2.05, 4.69) is 44.1 Å². The van der Waals surface area contributed by atoms with Crippen LogP contribution in [0.5, 0.6) is 0 Å². The predicted octanol–water partition coefficient (Wildman–Crippen LogP) is 2.61. The minimum absolute atomic E-state index is 0.149. The Morgan fingerprint density at radius 1 is 0.923 bits per heavy atom. The summed E-state index contributed by atoms with van der Waals surface area (Å²) < 4.78 is 7.27. The van der Waals surface area contributed by atoms with Crippen LogP contribution in [-0.4, -0.2) is 17.8 Å². The number of hydrogen-bond donors (Lipinski definition) is 3. The molecule has 0 aromatic heterocycles. The smallest absolute Gasteiger partial charge is 0.0134 e. The van der Waals surface area contributed by atoms with Crippen molar-refractivity contribution >= 4 is 11.3 Å². The average Bonchev–Trinajstić information content (AvgIpc) is 2.16. The topological polar surface area (TPSA) is 24.1 Å². The van der Waals surface area contributed by atoms with Gasteiger partial charge in [0, 0.05) is 12.1 Å². The van der Waals surface area contributed by atoms with E-state index in [1.807, 2.05) is 0 Å². The van der Waals surface area contributed by atoms with E-state index in [-0.39, 0.29) is 11.3 Å². The summed E-state index contributed by atoms with van der Waals surface area (Å²) in [5.41, 5.74) is 0. The van der Waals surface area contributed by atoms with Crippen molar-refractivity contribution in [2.45, 2.75) is 59.5 Å². The Hall–Kier alpha value is 0.270. The molecule has 0 heterocycles. The minimum Gasteiger partial charge on any atom is -0.269 e. The molecule has 0 aromatic carbocycles. The first kappa shape index (κ1) is 13.3. The minimum atomic E-state index is -0.149. The molecule has 0 fully saturated rings. The largest absolute Gasteiger partial charge is 0.269 e. The fourth-order valence-corrected chi connectivity index (χ4v) is 2.80. The van der Waals surface area contributed by atoms with Crippen molar-refractivity contribution in [2.75, 3.05) is 5.75 Å². The zero-order valence-electron chi connectivity index (χ0n) is 9.72. The molecule has 0 amide bonds. The van der Waals surface area contributed by atoms with Crippen LogP contribution in [0, 0.1) is 0 Å².